The van der Waals surface area contributed by atoms with E-state index in [2.05, 4.69) is 25.5 Å². The first-order valence-electron chi connectivity index (χ1n) is 5.92. The first kappa shape index (κ1) is 11.7. The zero-order valence-electron chi connectivity index (χ0n) is 9.98. The molecule has 96 valence electrons. The quantitative estimate of drug-likeness (QED) is 0.832. The summed E-state index contributed by atoms with van der Waals surface area (Å²) >= 11 is 5.89. The van der Waals surface area contributed by atoms with Crippen LogP contribution in [0.15, 0.2) is 6.20 Å². The molecule has 2 heterocycles. The Morgan fingerprint density at radius 3 is 3.11 bits per heavy atom. The normalized spacial score (nSPS) is 23.7. The van der Waals surface area contributed by atoms with Crippen molar-refractivity contribution >= 4 is 28.5 Å². The SMILES string of the molecule is COC1CCC(Nc2nc(Cl)nc3[nH]ncc23)C1. The molecule has 7 heteroatoms. The van der Waals surface area contributed by atoms with Gasteiger partial charge in [0.1, 0.15) is 5.82 Å². The summed E-state index contributed by atoms with van der Waals surface area (Å²) in [6, 6.07) is 0.360. The summed E-state index contributed by atoms with van der Waals surface area (Å²) in [5, 5.41) is 11.2. The van der Waals surface area contributed by atoms with Crippen molar-refractivity contribution in [2.45, 2.75) is 31.4 Å². The summed E-state index contributed by atoms with van der Waals surface area (Å²) in [5.74, 6) is 0.737. The molecular weight excluding hydrogens is 254 g/mol. The molecular formula is C11H14ClN5O. The number of methoxy groups -OCH3 is 1. The van der Waals surface area contributed by atoms with Crippen LogP contribution in [0.25, 0.3) is 11.0 Å². The molecule has 2 N–H and O–H groups in total. The zero-order valence-corrected chi connectivity index (χ0v) is 10.7. The predicted molar refractivity (Wildman–Crippen MR) is 68.8 cm³/mol. The molecule has 0 spiro atoms. The van der Waals surface area contributed by atoms with E-state index in [0.717, 1.165) is 30.5 Å². The summed E-state index contributed by atoms with van der Waals surface area (Å²) in [6.07, 6.45) is 5.16. The second kappa shape index (κ2) is 4.70. The molecule has 0 saturated heterocycles. The number of hydrogen-bond acceptors (Lipinski definition) is 5. The highest BCUT2D eigenvalue weighted by Gasteiger charge is 2.25. The number of rotatable bonds is 3. The third-order valence-electron chi connectivity index (χ3n) is 3.34. The van der Waals surface area contributed by atoms with E-state index in [1.807, 2.05) is 0 Å². The molecule has 1 aliphatic rings. The van der Waals surface area contributed by atoms with Gasteiger partial charge in [-0.2, -0.15) is 15.1 Å². The number of aromatic amines is 1. The largest absolute Gasteiger partial charge is 0.381 e. The smallest absolute Gasteiger partial charge is 0.226 e. The van der Waals surface area contributed by atoms with Gasteiger partial charge < -0.3 is 10.1 Å². The Balaban J connectivity index is 1.84. The number of nitrogens with one attached hydrogen (secondary N) is 2. The Hall–Kier alpha value is -1.40. The van der Waals surface area contributed by atoms with Crippen molar-refractivity contribution in [2.24, 2.45) is 0 Å². The van der Waals surface area contributed by atoms with Gasteiger partial charge in [-0.1, -0.05) is 0 Å². The van der Waals surface area contributed by atoms with Crippen molar-refractivity contribution in [1.82, 2.24) is 20.2 Å². The standard InChI is InChI=1S/C11H14ClN5O/c1-18-7-3-2-6(4-7)14-9-8-5-13-17-10(8)16-11(12)15-9/h5-7H,2-4H2,1H3,(H2,13,14,15,16,17). The number of halogens is 1. The highest BCUT2D eigenvalue weighted by atomic mass is 35.5. The molecule has 1 aliphatic carbocycles. The molecule has 0 aliphatic heterocycles. The topological polar surface area (TPSA) is 75.7 Å². The van der Waals surface area contributed by atoms with E-state index >= 15 is 0 Å². The van der Waals surface area contributed by atoms with Gasteiger partial charge in [-0.25, -0.2) is 0 Å². The van der Waals surface area contributed by atoms with E-state index < -0.39 is 0 Å². The van der Waals surface area contributed by atoms with Crippen molar-refractivity contribution in [3.63, 3.8) is 0 Å². The fourth-order valence-electron chi connectivity index (χ4n) is 2.40. The number of nitrogens with zero attached hydrogens (tertiary/aromatic N) is 3. The lowest BCUT2D eigenvalue weighted by atomic mass is 10.2. The maximum absolute atomic E-state index is 5.89. The third-order valence-corrected chi connectivity index (χ3v) is 3.51. The number of hydrogen-bond donors (Lipinski definition) is 2. The van der Waals surface area contributed by atoms with Crippen molar-refractivity contribution in [3.8, 4) is 0 Å². The molecule has 3 rings (SSSR count). The van der Waals surface area contributed by atoms with Crippen molar-refractivity contribution in [1.29, 1.82) is 0 Å². The Morgan fingerprint density at radius 2 is 2.33 bits per heavy atom. The lowest BCUT2D eigenvalue weighted by Gasteiger charge is -2.14. The van der Waals surface area contributed by atoms with E-state index in [1.54, 1.807) is 13.3 Å². The first-order valence-corrected chi connectivity index (χ1v) is 6.30. The van der Waals surface area contributed by atoms with Gasteiger partial charge in [0.15, 0.2) is 5.65 Å². The van der Waals surface area contributed by atoms with Crippen LogP contribution in [0.2, 0.25) is 5.28 Å². The van der Waals surface area contributed by atoms with Crippen LogP contribution < -0.4 is 5.32 Å². The van der Waals surface area contributed by atoms with E-state index in [0.29, 0.717) is 17.8 Å². The van der Waals surface area contributed by atoms with Gasteiger partial charge in [-0.05, 0) is 30.9 Å². The highest BCUT2D eigenvalue weighted by Crippen LogP contribution is 2.27. The molecule has 1 fully saturated rings. The second-order valence-corrected chi connectivity index (χ2v) is 4.82. The molecule has 1 saturated carbocycles. The van der Waals surface area contributed by atoms with E-state index in [1.165, 1.54) is 0 Å². The van der Waals surface area contributed by atoms with E-state index in [9.17, 15) is 0 Å². The first-order chi connectivity index (χ1) is 8.76. The number of fused-ring (bicyclic) bond motifs is 1. The summed E-state index contributed by atoms with van der Waals surface area (Å²) < 4.78 is 5.36. The van der Waals surface area contributed by atoms with Crippen LogP contribution in [-0.2, 0) is 4.74 Å². The molecule has 18 heavy (non-hydrogen) atoms. The monoisotopic (exact) mass is 267 g/mol. The van der Waals surface area contributed by atoms with Gasteiger partial charge in [0.25, 0.3) is 0 Å². The molecule has 2 aromatic rings. The molecule has 0 radical (unpaired) electrons. The van der Waals surface area contributed by atoms with Gasteiger partial charge in [-0.15, -0.1) is 0 Å². The molecule has 0 amide bonds. The van der Waals surface area contributed by atoms with Crippen LogP contribution in [0, 0.1) is 0 Å². The van der Waals surface area contributed by atoms with Gasteiger partial charge >= 0.3 is 0 Å². The number of anilines is 1. The summed E-state index contributed by atoms with van der Waals surface area (Å²) in [4.78, 5) is 8.30. The lowest BCUT2D eigenvalue weighted by molar-refractivity contribution is 0.108. The number of H-pyrrole nitrogens is 1. The maximum atomic E-state index is 5.89. The van der Waals surface area contributed by atoms with Crippen LogP contribution >= 0.6 is 11.6 Å². The van der Waals surface area contributed by atoms with Gasteiger partial charge in [0.05, 0.1) is 17.7 Å². The second-order valence-electron chi connectivity index (χ2n) is 4.49. The fourth-order valence-corrected chi connectivity index (χ4v) is 2.57. The Morgan fingerprint density at radius 1 is 1.44 bits per heavy atom. The molecule has 6 nitrogen and oxygen atoms in total. The Labute approximate surface area is 109 Å². The average Bonchev–Trinajstić information content (AvgIpc) is 2.97. The third kappa shape index (κ3) is 2.13. The number of ether oxygens (including phenoxy) is 1. The van der Waals surface area contributed by atoms with Crippen molar-refractivity contribution in [3.05, 3.63) is 11.5 Å². The van der Waals surface area contributed by atoms with Crippen LogP contribution in [-0.4, -0.2) is 39.4 Å². The zero-order chi connectivity index (χ0) is 12.5. The van der Waals surface area contributed by atoms with E-state index in [4.69, 9.17) is 16.3 Å². The number of aromatic nitrogens is 4. The lowest BCUT2D eigenvalue weighted by Crippen LogP contribution is -2.18. The van der Waals surface area contributed by atoms with Crippen LogP contribution in [0.5, 0.6) is 0 Å². The van der Waals surface area contributed by atoms with E-state index in [-0.39, 0.29) is 5.28 Å². The van der Waals surface area contributed by atoms with Crippen LogP contribution in [0.3, 0.4) is 0 Å². The van der Waals surface area contributed by atoms with Crippen molar-refractivity contribution < 1.29 is 4.74 Å². The van der Waals surface area contributed by atoms with Crippen molar-refractivity contribution in [2.75, 3.05) is 12.4 Å². The van der Waals surface area contributed by atoms with Gasteiger partial charge in [0, 0.05) is 13.2 Å². The minimum absolute atomic E-state index is 0.218. The van der Waals surface area contributed by atoms with Gasteiger partial charge in [0.2, 0.25) is 5.28 Å². The summed E-state index contributed by atoms with van der Waals surface area (Å²) in [6.45, 7) is 0. The fraction of sp³-hybridized carbons (Fsp3) is 0.545. The molecule has 2 unspecified atom stereocenters. The maximum Gasteiger partial charge on any atom is 0.226 e. The Kier molecular flexibility index (Phi) is 3.05. The van der Waals surface area contributed by atoms with Gasteiger partial charge in [-0.3, -0.25) is 5.10 Å². The molecule has 0 aromatic carbocycles. The minimum atomic E-state index is 0.218. The molecule has 0 bridgehead atoms. The summed E-state index contributed by atoms with van der Waals surface area (Å²) in [7, 11) is 1.75. The Bertz CT molecular complexity index is 557. The molecule has 2 atom stereocenters. The molecule has 2 aromatic heterocycles. The average molecular weight is 268 g/mol. The predicted octanol–water partition coefficient (Wildman–Crippen LogP) is 1.99. The van der Waals surface area contributed by atoms with Crippen LogP contribution in [0.4, 0.5) is 5.82 Å². The van der Waals surface area contributed by atoms with Crippen LogP contribution in [0.1, 0.15) is 19.3 Å². The summed E-state index contributed by atoms with van der Waals surface area (Å²) in [5.41, 5.74) is 0.652. The minimum Gasteiger partial charge on any atom is -0.381 e. The highest BCUT2D eigenvalue weighted by molar-refractivity contribution is 6.28.